The minimum absolute atomic E-state index is 0.0176. The largest absolute Gasteiger partial charge is 0.478 e. The van der Waals surface area contributed by atoms with E-state index in [9.17, 15) is 22.7 Å². The predicted octanol–water partition coefficient (Wildman–Crippen LogP) is 1.32. The van der Waals surface area contributed by atoms with Crippen LogP contribution in [0.2, 0.25) is 5.02 Å². The molecular weight excluding hydrogens is 325 g/mol. The number of carbonyl (C=O) groups is 1. The molecular formula is C12H13ClFNO5S. The number of β-amino-alcohol motifs (C(OH)–C–C–N with tert-alkyl or cyclic N) is 1. The molecule has 0 saturated carbocycles. The molecule has 1 aliphatic heterocycles. The number of aliphatic hydroxyl groups is 1. The summed E-state index contributed by atoms with van der Waals surface area (Å²) in [6.07, 6.45) is 0.209. The molecule has 1 unspecified atom stereocenters. The molecule has 0 aromatic heterocycles. The molecule has 1 heterocycles. The molecule has 1 aromatic carbocycles. The van der Waals surface area contributed by atoms with E-state index >= 15 is 0 Å². The van der Waals surface area contributed by atoms with Gasteiger partial charge in [-0.25, -0.2) is 17.6 Å². The Morgan fingerprint density at radius 1 is 1.48 bits per heavy atom. The van der Waals surface area contributed by atoms with Crippen LogP contribution in [0.5, 0.6) is 0 Å². The van der Waals surface area contributed by atoms with Crippen molar-refractivity contribution < 1.29 is 27.8 Å². The van der Waals surface area contributed by atoms with Gasteiger partial charge in [-0.2, -0.15) is 4.31 Å². The third kappa shape index (κ3) is 3.03. The van der Waals surface area contributed by atoms with Crippen LogP contribution in [0.1, 0.15) is 23.7 Å². The highest BCUT2D eigenvalue weighted by Crippen LogP contribution is 2.30. The zero-order valence-electron chi connectivity index (χ0n) is 11.0. The van der Waals surface area contributed by atoms with Gasteiger partial charge in [-0.15, -0.1) is 0 Å². The van der Waals surface area contributed by atoms with Crippen LogP contribution in [0.25, 0.3) is 0 Å². The highest BCUT2D eigenvalue weighted by Gasteiger charge is 2.40. The molecule has 21 heavy (non-hydrogen) atoms. The molecule has 2 rings (SSSR count). The Hall–Kier alpha value is -1.22. The number of benzene rings is 1. The second-order valence-corrected chi connectivity index (χ2v) is 7.50. The molecule has 9 heteroatoms. The van der Waals surface area contributed by atoms with Crippen LogP contribution in [0.15, 0.2) is 17.0 Å². The third-order valence-electron chi connectivity index (χ3n) is 3.27. The summed E-state index contributed by atoms with van der Waals surface area (Å²) in [4.78, 5) is 10.1. The first-order valence-corrected chi connectivity index (χ1v) is 7.81. The minimum atomic E-state index is -4.27. The van der Waals surface area contributed by atoms with Crippen molar-refractivity contribution in [2.24, 2.45) is 0 Å². The van der Waals surface area contributed by atoms with E-state index < -0.39 is 37.9 Å². The molecule has 1 saturated heterocycles. The normalized spacial score (nSPS) is 23.4. The highest BCUT2D eigenvalue weighted by atomic mass is 35.5. The van der Waals surface area contributed by atoms with Crippen molar-refractivity contribution in [3.63, 3.8) is 0 Å². The number of nitrogens with zero attached hydrogens (tertiary/aromatic N) is 1. The van der Waals surface area contributed by atoms with E-state index in [-0.39, 0.29) is 24.5 Å². The van der Waals surface area contributed by atoms with E-state index in [1.807, 2.05) is 0 Å². The fraction of sp³-hybridized carbons (Fsp3) is 0.417. The summed E-state index contributed by atoms with van der Waals surface area (Å²) in [7, 11) is -4.27. The Labute approximate surface area is 125 Å². The number of halogens is 2. The fourth-order valence-electron chi connectivity index (χ4n) is 2.16. The molecule has 6 nitrogen and oxygen atoms in total. The van der Waals surface area contributed by atoms with Crippen molar-refractivity contribution in [3.05, 3.63) is 28.5 Å². The van der Waals surface area contributed by atoms with Crippen molar-refractivity contribution in [2.75, 3.05) is 13.1 Å². The lowest BCUT2D eigenvalue weighted by molar-refractivity contribution is 0.0690. The van der Waals surface area contributed by atoms with Crippen molar-refractivity contribution in [1.29, 1.82) is 0 Å². The van der Waals surface area contributed by atoms with Gasteiger partial charge in [0.1, 0.15) is 4.90 Å². The lowest BCUT2D eigenvalue weighted by Crippen LogP contribution is -2.34. The van der Waals surface area contributed by atoms with Crippen LogP contribution in [0.3, 0.4) is 0 Å². The van der Waals surface area contributed by atoms with Gasteiger partial charge in [0.2, 0.25) is 10.0 Å². The van der Waals surface area contributed by atoms with E-state index in [4.69, 9.17) is 16.7 Å². The van der Waals surface area contributed by atoms with Gasteiger partial charge in [0, 0.05) is 18.1 Å². The summed E-state index contributed by atoms with van der Waals surface area (Å²) < 4.78 is 39.8. The summed E-state index contributed by atoms with van der Waals surface area (Å²) in [5, 5.41) is 18.5. The number of hydrogen-bond acceptors (Lipinski definition) is 4. The Kier molecular flexibility index (Phi) is 4.00. The van der Waals surface area contributed by atoms with Gasteiger partial charge in [-0.1, -0.05) is 11.6 Å². The summed E-state index contributed by atoms with van der Waals surface area (Å²) in [5.41, 5.74) is -2.01. The molecule has 0 amide bonds. The van der Waals surface area contributed by atoms with Crippen LogP contribution in [0.4, 0.5) is 4.39 Å². The van der Waals surface area contributed by atoms with Gasteiger partial charge in [-0.05, 0) is 25.5 Å². The average Bonchev–Trinajstić information content (AvgIpc) is 2.72. The smallest absolute Gasteiger partial charge is 0.338 e. The fourth-order valence-corrected chi connectivity index (χ4v) is 4.11. The molecule has 1 aliphatic rings. The summed E-state index contributed by atoms with van der Waals surface area (Å²) in [5.74, 6) is -2.97. The lowest BCUT2D eigenvalue weighted by Gasteiger charge is -2.19. The van der Waals surface area contributed by atoms with E-state index in [0.29, 0.717) is 0 Å². The Bertz CT molecular complexity index is 704. The van der Waals surface area contributed by atoms with Gasteiger partial charge in [0.15, 0.2) is 5.82 Å². The van der Waals surface area contributed by atoms with Crippen LogP contribution in [-0.2, 0) is 10.0 Å². The van der Waals surface area contributed by atoms with Gasteiger partial charge in [0.25, 0.3) is 0 Å². The maximum atomic E-state index is 14.1. The Balaban J connectivity index is 2.53. The predicted molar refractivity (Wildman–Crippen MR) is 72.4 cm³/mol. The first-order valence-electron chi connectivity index (χ1n) is 5.99. The number of carboxylic acids is 1. The number of sulfonamides is 1. The summed E-state index contributed by atoms with van der Waals surface area (Å²) >= 11 is 5.67. The van der Waals surface area contributed by atoms with Crippen molar-refractivity contribution in [2.45, 2.75) is 23.8 Å². The molecule has 2 N–H and O–H groups in total. The van der Waals surface area contributed by atoms with Crippen molar-refractivity contribution in [1.82, 2.24) is 4.31 Å². The average molecular weight is 338 g/mol. The van der Waals surface area contributed by atoms with Gasteiger partial charge >= 0.3 is 5.97 Å². The Morgan fingerprint density at radius 3 is 2.57 bits per heavy atom. The molecule has 0 bridgehead atoms. The molecule has 1 aromatic rings. The summed E-state index contributed by atoms with van der Waals surface area (Å²) in [6.45, 7) is 1.30. The molecule has 1 fully saturated rings. The molecule has 0 aliphatic carbocycles. The highest BCUT2D eigenvalue weighted by molar-refractivity contribution is 7.89. The lowest BCUT2D eigenvalue weighted by atomic mass is 10.1. The van der Waals surface area contributed by atoms with Gasteiger partial charge in [-0.3, -0.25) is 0 Å². The first kappa shape index (κ1) is 16.2. The molecule has 1 atom stereocenters. The topological polar surface area (TPSA) is 94.9 Å². The van der Waals surface area contributed by atoms with E-state index in [0.717, 1.165) is 16.4 Å². The number of carboxylic acid groups (broad SMARTS) is 1. The van der Waals surface area contributed by atoms with Crippen LogP contribution >= 0.6 is 11.6 Å². The van der Waals surface area contributed by atoms with E-state index in [1.165, 1.54) is 6.92 Å². The standard InChI is InChI=1S/C12H13ClFNO5S/c1-12(18)2-3-15(6-12)21(19,20)9-5-7(13)4-8(10(9)14)11(16)17/h4-5,18H,2-3,6H2,1H3,(H,16,17). The van der Waals surface area contributed by atoms with Gasteiger partial charge < -0.3 is 10.2 Å². The van der Waals surface area contributed by atoms with E-state index in [1.54, 1.807) is 0 Å². The van der Waals surface area contributed by atoms with Crippen LogP contribution < -0.4 is 0 Å². The quantitative estimate of drug-likeness (QED) is 0.867. The van der Waals surface area contributed by atoms with Crippen molar-refractivity contribution >= 4 is 27.6 Å². The van der Waals surface area contributed by atoms with Gasteiger partial charge in [0.05, 0.1) is 11.2 Å². The SMILES string of the molecule is CC1(O)CCN(S(=O)(=O)c2cc(Cl)cc(C(=O)O)c2F)C1. The molecule has 0 radical (unpaired) electrons. The van der Waals surface area contributed by atoms with E-state index in [2.05, 4.69) is 0 Å². The zero-order chi connectivity index (χ0) is 16.0. The zero-order valence-corrected chi connectivity index (χ0v) is 12.6. The first-order chi connectivity index (χ1) is 9.54. The second kappa shape index (κ2) is 5.20. The maximum Gasteiger partial charge on any atom is 0.338 e. The monoisotopic (exact) mass is 337 g/mol. The Morgan fingerprint density at radius 2 is 2.10 bits per heavy atom. The van der Waals surface area contributed by atoms with Crippen LogP contribution in [0, 0.1) is 5.82 Å². The van der Waals surface area contributed by atoms with Crippen molar-refractivity contribution in [3.8, 4) is 0 Å². The minimum Gasteiger partial charge on any atom is -0.478 e. The maximum absolute atomic E-state index is 14.1. The second-order valence-electron chi connectivity index (χ2n) is 5.16. The third-order valence-corrected chi connectivity index (χ3v) is 5.33. The number of rotatable bonds is 3. The number of hydrogen-bond donors (Lipinski definition) is 2. The molecule has 116 valence electrons. The summed E-state index contributed by atoms with van der Waals surface area (Å²) in [6, 6.07) is 1.71. The number of aromatic carboxylic acids is 1. The van der Waals surface area contributed by atoms with Crippen LogP contribution in [-0.4, -0.2) is 47.6 Å². The molecule has 0 spiro atoms.